The minimum absolute atomic E-state index is 0.465. The average molecular weight is 274 g/mol. The molecule has 2 N–H and O–H groups in total. The molecular formula is C13H17Cl2NO. The highest BCUT2D eigenvalue weighted by Crippen LogP contribution is 2.33. The number of ether oxygens (including phenoxy) is 1. The van der Waals surface area contributed by atoms with E-state index in [2.05, 4.69) is 0 Å². The van der Waals surface area contributed by atoms with Gasteiger partial charge in [0.1, 0.15) is 5.75 Å². The molecule has 1 aliphatic rings. The van der Waals surface area contributed by atoms with Gasteiger partial charge in [0.15, 0.2) is 0 Å². The van der Waals surface area contributed by atoms with Gasteiger partial charge in [0.05, 0.1) is 22.3 Å². The molecular weight excluding hydrogens is 257 g/mol. The van der Waals surface area contributed by atoms with Crippen molar-refractivity contribution in [2.75, 3.05) is 12.3 Å². The van der Waals surface area contributed by atoms with Crippen molar-refractivity contribution in [3.05, 3.63) is 22.2 Å². The molecule has 0 unspecified atom stereocenters. The lowest BCUT2D eigenvalue weighted by atomic mass is 10.1. The van der Waals surface area contributed by atoms with Gasteiger partial charge < -0.3 is 10.5 Å². The first-order valence-electron chi connectivity index (χ1n) is 6.04. The molecule has 0 saturated heterocycles. The minimum Gasteiger partial charge on any atom is -0.491 e. The first-order valence-corrected chi connectivity index (χ1v) is 6.79. The molecule has 0 aromatic heterocycles. The summed E-state index contributed by atoms with van der Waals surface area (Å²) in [6.07, 6.45) is 6.49. The highest BCUT2D eigenvalue weighted by atomic mass is 35.5. The predicted molar refractivity (Wildman–Crippen MR) is 72.9 cm³/mol. The van der Waals surface area contributed by atoms with E-state index in [1.54, 1.807) is 12.1 Å². The summed E-state index contributed by atoms with van der Waals surface area (Å²) in [7, 11) is 0. The predicted octanol–water partition coefficient (Wildman–Crippen LogP) is 4.53. The van der Waals surface area contributed by atoms with E-state index in [1.807, 2.05) is 0 Å². The summed E-state index contributed by atoms with van der Waals surface area (Å²) in [6, 6.07) is 3.32. The third kappa shape index (κ3) is 3.43. The van der Waals surface area contributed by atoms with Crippen molar-refractivity contribution >= 4 is 28.9 Å². The fourth-order valence-corrected chi connectivity index (χ4v) is 2.63. The molecule has 1 aromatic rings. The third-order valence-electron chi connectivity index (χ3n) is 3.31. The number of hydrogen-bond donors (Lipinski definition) is 1. The van der Waals surface area contributed by atoms with Gasteiger partial charge in [0.25, 0.3) is 0 Å². The second-order valence-electron chi connectivity index (χ2n) is 4.59. The molecule has 1 saturated carbocycles. The highest BCUT2D eigenvalue weighted by molar-refractivity contribution is 6.42. The molecule has 1 aromatic carbocycles. The Balaban J connectivity index is 1.87. The van der Waals surface area contributed by atoms with Gasteiger partial charge >= 0.3 is 0 Å². The van der Waals surface area contributed by atoms with E-state index < -0.39 is 0 Å². The number of anilines is 1. The van der Waals surface area contributed by atoms with Crippen LogP contribution in [0.3, 0.4) is 0 Å². The quantitative estimate of drug-likeness (QED) is 0.818. The van der Waals surface area contributed by atoms with Crippen molar-refractivity contribution in [3.8, 4) is 5.75 Å². The van der Waals surface area contributed by atoms with Crippen LogP contribution in [0.2, 0.25) is 10.0 Å². The Hall–Kier alpha value is -0.600. The van der Waals surface area contributed by atoms with Gasteiger partial charge in [0.2, 0.25) is 0 Å². The molecule has 0 aliphatic heterocycles. The fourth-order valence-electron chi connectivity index (χ4n) is 2.30. The Bertz CT molecular complexity index is 389. The summed E-state index contributed by atoms with van der Waals surface area (Å²) >= 11 is 11.8. The van der Waals surface area contributed by atoms with Crippen molar-refractivity contribution < 1.29 is 4.74 Å². The van der Waals surface area contributed by atoms with Crippen LogP contribution in [0.4, 0.5) is 5.69 Å². The maximum atomic E-state index is 5.92. The molecule has 2 rings (SSSR count). The monoisotopic (exact) mass is 273 g/mol. The van der Waals surface area contributed by atoms with Crippen LogP contribution in [0, 0.1) is 5.92 Å². The van der Waals surface area contributed by atoms with Crippen LogP contribution in [0.25, 0.3) is 0 Å². The minimum atomic E-state index is 0.465. The number of nitrogens with two attached hydrogens (primary N) is 1. The number of nitrogen functional groups attached to an aromatic ring is 1. The lowest BCUT2D eigenvalue weighted by molar-refractivity contribution is 0.280. The van der Waals surface area contributed by atoms with Gasteiger partial charge in [-0.1, -0.05) is 48.9 Å². The topological polar surface area (TPSA) is 35.2 Å². The Morgan fingerprint density at radius 1 is 1.18 bits per heavy atom. The lowest BCUT2D eigenvalue weighted by Crippen LogP contribution is -2.05. The zero-order valence-electron chi connectivity index (χ0n) is 9.72. The smallest absolute Gasteiger partial charge is 0.143 e. The zero-order chi connectivity index (χ0) is 12.3. The Labute approximate surface area is 112 Å². The normalized spacial score (nSPS) is 16.4. The number of benzene rings is 1. The summed E-state index contributed by atoms with van der Waals surface area (Å²) in [5, 5.41) is 0.948. The van der Waals surface area contributed by atoms with Crippen LogP contribution in [0.15, 0.2) is 12.1 Å². The van der Waals surface area contributed by atoms with E-state index in [-0.39, 0.29) is 0 Å². The summed E-state index contributed by atoms with van der Waals surface area (Å²) in [4.78, 5) is 0. The second-order valence-corrected chi connectivity index (χ2v) is 5.41. The standard InChI is InChI=1S/C13H17Cl2NO/c14-10-7-12(16)13(8-11(10)15)17-6-5-9-3-1-2-4-9/h7-9H,1-6,16H2. The molecule has 0 spiro atoms. The number of hydrogen-bond acceptors (Lipinski definition) is 2. The summed E-state index contributed by atoms with van der Waals surface area (Å²) in [5.74, 6) is 1.45. The van der Waals surface area contributed by atoms with E-state index in [9.17, 15) is 0 Å². The molecule has 1 aliphatic carbocycles. The van der Waals surface area contributed by atoms with Crippen molar-refractivity contribution in [1.82, 2.24) is 0 Å². The van der Waals surface area contributed by atoms with Gasteiger partial charge in [-0.05, 0) is 18.4 Å². The van der Waals surface area contributed by atoms with E-state index >= 15 is 0 Å². The second kappa shape index (κ2) is 5.83. The summed E-state index contributed by atoms with van der Waals surface area (Å²) < 4.78 is 5.67. The molecule has 1 fully saturated rings. The van der Waals surface area contributed by atoms with Crippen molar-refractivity contribution in [3.63, 3.8) is 0 Å². The van der Waals surface area contributed by atoms with Gasteiger partial charge in [-0.15, -0.1) is 0 Å². The van der Waals surface area contributed by atoms with Crippen LogP contribution in [0.1, 0.15) is 32.1 Å². The fraction of sp³-hybridized carbons (Fsp3) is 0.538. The SMILES string of the molecule is Nc1cc(Cl)c(Cl)cc1OCCC1CCCC1. The zero-order valence-corrected chi connectivity index (χ0v) is 11.2. The maximum Gasteiger partial charge on any atom is 0.143 e. The van der Waals surface area contributed by atoms with E-state index in [4.69, 9.17) is 33.7 Å². The van der Waals surface area contributed by atoms with E-state index in [1.165, 1.54) is 25.7 Å². The first kappa shape index (κ1) is 12.8. The molecule has 0 amide bonds. The van der Waals surface area contributed by atoms with Gasteiger partial charge in [0, 0.05) is 6.07 Å². The summed E-state index contributed by atoms with van der Waals surface area (Å²) in [6.45, 7) is 0.701. The van der Waals surface area contributed by atoms with Crippen molar-refractivity contribution in [1.29, 1.82) is 0 Å². The maximum absolute atomic E-state index is 5.92. The lowest BCUT2D eigenvalue weighted by Gasteiger charge is -2.12. The summed E-state index contributed by atoms with van der Waals surface area (Å²) in [5.41, 5.74) is 6.36. The third-order valence-corrected chi connectivity index (χ3v) is 4.03. The van der Waals surface area contributed by atoms with Crippen LogP contribution in [-0.4, -0.2) is 6.61 Å². The average Bonchev–Trinajstić information content (AvgIpc) is 2.78. The van der Waals surface area contributed by atoms with Gasteiger partial charge in [-0.2, -0.15) is 0 Å². The molecule has 0 bridgehead atoms. The van der Waals surface area contributed by atoms with E-state index in [0.717, 1.165) is 12.3 Å². The molecule has 4 heteroatoms. The van der Waals surface area contributed by atoms with E-state index in [0.29, 0.717) is 28.1 Å². The van der Waals surface area contributed by atoms with Crippen molar-refractivity contribution in [2.24, 2.45) is 5.92 Å². The Morgan fingerprint density at radius 3 is 2.53 bits per heavy atom. The Kier molecular flexibility index (Phi) is 4.41. The molecule has 0 heterocycles. The largest absolute Gasteiger partial charge is 0.491 e. The highest BCUT2D eigenvalue weighted by Gasteiger charge is 2.15. The van der Waals surface area contributed by atoms with Gasteiger partial charge in [-0.3, -0.25) is 0 Å². The Morgan fingerprint density at radius 2 is 1.82 bits per heavy atom. The first-order chi connectivity index (χ1) is 8.16. The number of halogens is 2. The van der Waals surface area contributed by atoms with Crippen LogP contribution in [-0.2, 0) is 0 Å². The molecule has 94 valence electrons. The van der Waals surface area contributed by atoms with Crippen LogP contribution >= 0.6 is 23.2 Å². The molecule has 0 radical (unpaired) electrons. The molecule has 17 heavy (non-hydrogen) atoms. The van der Waals surface area contributed by atoms with Crippen molar-refractivity contribution in [2.45, 2.75) is 32.1 Å². The molecule has 2 nitrogen and oxygen atoms in total. The van der Waals surface area contributed by atoms with Gasteiger partial charge in [-0.25, -0.2) is 0 Å². The molecule has 0 atom stereocenters. The number of rotatable bonds is 4. The van der Waals surface area contributed by atoms with Crippen LogP contribution < -0.4 is 10.5 Å². The van der Waals surface area contributed by atoms with Crippen LogP contribution in [0.5, 0.6) is 5.75 Å².